The number of benzene rings is 1. The maximum absolute atomic E-state index is 12.3. The van der Waals surface area contributed by atoms with Gasteiger partial charge in [0.05, 0.1) is 5.75 Å². The Balaban J connectivity index is 1.69. The predicted octanol–water partition coefficient (Wildman–Crippen LogP) is 2.90. The van der Waals surface area contributed by atoms with Crippen LogP contribution < -0.4 is 4.72 Å². The minimum atomic E-state index is -3.22. The molecule has 0 bridgehead atoms. The lowest BCUT2D eigenvalue weighted by Crippen LogP contribution is -2.29. The zero-order valence-electron chi connectivity index (χ0n) is 13.2. The number of hydrogen-bond acceptors (Lipinski definition) is 3. The van der Waals surface area contributed by atoms with Crippen LogP contribution >= 0.6 is 0 Å². The fourth-order valence-corrected chi connectivity index (χ4v) is 5.27. The Kier molecular flexibility index (Phi) is 4.85. The summed E-state index contributed by atoms with van der Waals surface area (Å²) in [6.45, 7) is 0.618. The van der Waals surface area contributed by atoms with Gasteiger partial charge in [-0.2, -0.15) is 0 Å². The van der Waals surface area contributed by atoms with E-state index in [-0.39, 0.29) is 11.8 Å². The van der Waals surface area contributed by atoms with E-state index in [0.29, 0.717) is 18.9 Å². The summed E-state index contributed by atoms with van der Waals surface area (Å²) in [6, 6.07) is 6.34. The molecule has 1 aromatic carbocycles. The summed E-state index contributed by atoms with van der Waals surface area (Å²) in [7, 11) is -1.58. The van der Waals surface area contributed by atoms with Crippen LogP contribution in [0.25, 0.3) is 0 Å². The number of unbranched alkanes of at least 4 members (excludes halogenated alkanes) is 1. The van der Waals surface area contributed by atoms with Gasteiger partial charge >= 0.3 is 0 Å². The highest BCUT2D eigenvalue weighted by molar-refractivity contribution is 7.89. The summed E-state index contributed by atoms with van der Waals surface area (Å²) < 4.78 is 32.5. The van der Waals surface area contributed by atoms with E-state index in [9.17, 15) is 8.42 Å². The van der Waals surface area contributed by atoms with Crippen molar-refractivity contribution in [1.29, 1.82) is 0 Å². The first-order chi connectivity index (χ1) is 10.6. The summed E-state index contributed by atoms with van der Waals surface area (Å²) in [5, 5.41) is 0. The molecule has 2 unspecified atom stereocenters. The summed E-state index contributed by atoms with van der Waals surface area (Å²) in [4.78, 5) is 0. The van der Waals surface area contributed by atoms with Crippen LogP contribution in [0, 0.1) is 0 Å². The third-order valence-electron chi connectivity index (χ3n) is 4.87. The van der Waals surface area contributed by atoms with Crippen molar-refractivity contribution < 1.29 is 13.2 Å². The van der Waals surface area contributed by atoms with Crippen molar-refractivity contribution >= 4 is 10.0 Å². The first-order valence-electron chi connectivity index (χ1n) is 8.21. The van der Waals surface area contributed by atoms with Crippen LogP contribution in [0.1, 0.15) is 60.8 Å². The van der Waals surface area contributed by atoms with Gasteiger partial charge in [0.1, 0.15) is 0 Å². The molecule has 22 heavy (non-hydrogen) atoms. The van der Waals surface area contributed by atoms with Crippen LogP contribution in [0.4, 0.5) is 0 Å². The van der Waals surface area contributed by atoms with Crippen molar-refractivity contribution in [3.05, 3.63) is 34.9 Å². The van der Waals surface area contributed by atoms with Crippen LogP contribution in [-0.2, 0) is 21.2 Å². The van der Waals surface area contributed by atoms with Gasteiger partial charge in [0.2, 0.25) is 10.0 Å². The molecule has 0 heterocycles. The molecule has 0 aliphatic heterocycles. The standard InChI is InChI=1S/C17H25NO3S/c1-21-10-2-3-11-22(19,20)18-16-12-14-8-4-6-13-7-5-9-15(16)17(13)14/h5,7,9,14,16,18H,2-4,6,8,10-12H2,1H3. The van der Waals surface area contributed by atoms with Crippen LogP contribution in [0.3, 0.4) is 0 Å². The molecule has 2 atom stereocenters. The largest absolute Gasteiger partial charge is 0.385 e. The Hall–Kier alpha value is -0.910. The van der Waals surface area contributed by atoms with Gasteiger partial charge in [0.15, 0.2) is 0 Å². The molecule has 2 aliphatic rings. The SMILES string of the molecule is COCCCCS(=O)(=O)NC1CC2CCCc3cccc1c32. The molecule has 5 heteroatoms. The van der Waals surface area contributed by atoms with Crippen molar-refractivity contribution in [2.75, 3.05) is 19.5 Å². The van der Waals surface area contributed by atoms with E-state index in [2.05, 4.69) is 22.9 Å². The van der Waals surface area contributed by atoms with Crippen LogP contribution in [-0.4, -0.2) is 27.9 Å². The second kappa shape index (κ2) is 6.69. The smallest absolute Gasteiger partial charge is 0.212 e. The van der Waals surface area contributed by atoms with Gasteiger partial charge in [-0.1, -0.05) is 18.2 Å². The maximum atomic E-state index is 12.3. The third kappa shape index (κ3) is 3.36. The maximum Gasteiger partial charge on any atom is 0.212 e. The summed E-state index contributed by atoms with van der Waals surface area (Å²) >= 11 is 0. The molecule has 4 nitrogen and oxygen atoms in total. The highest BCUT2D eigenvalue weighted by Crippen LogP contribution is 2.47. The summed E-state index contributed by atoms with van der Waals surface area (Å²) in [5.41, 5.74) is 4.07. The molecule has 0 saturated carbocycles. The molecular formula is C17H25NO3S. The molecule has 2 aliphatic carbocycles. The van der Waals surface area contributed by atoms with Crippen molar-refractivity contribution in [2.45, 2.75) is 50.5 Å². The fourth-order valence-electron chi connectivity index (χ4n) is 3.91. The van der Waals surface area contributed by atoms with Gasteiger partial charge in [0.25, 0.3) is 0 Å². The van der Waals surface area contributed by atoms with Crippen molar-refractivity contribution in [3.63, 3.8) is 0 Å². The van der Waals surface area contributed by atoms with E-state index in [1.165, 1.54) is 29.5 Å². The topological polar surface area (TPSA) is 55.4 Å². The average Bonchev–Trinajstić information content (AvgIpc) is 2.84. The molecule has 122 valence electrons. The second-order valence-electron chi connectivity index (χ2n) is 6.43. The Bertz CT molecular complexity index is 627. The number of ether oxygens (including phenoxy) is 1. The molecule has 0 fully saturated rings. The number of sulfonamides is 1. The van der Waals surface area contributed by atoms with Crippen molar-refractivity contribution in [1.82, 2.24) is 4.72 Å². The van der Waals surface area contributed by atoms with E-state index in [1.807, 2.05) is 0 Å². The van der Waals surface area contributed by atoms with Crippen molar-refractivity contribution in [3.8, 4) is 0 Å². The van der Waals surface area contributed by atoms with Crippen molar-refractivity contribution in [2.24, 2.45) is 0 Å². The third-order valence-corrected chi connectivity index (χ3v) is 6.34. The lowest BCUT2D eigenvalue weighted by Gasteiger charge is -2.20. The zero-order valence-corrected chi connectivity index (χ0v) is 14.0. The van der Waals surface area contributed by atoms with Gasteiger partial charge in [-0.05, 0) is 61.1 Å². The minimum Gasteiger partial charge on any atom is -0.385 e. The lowest BCUT2D eigenvalue weighted by atomic mass is 9.84. The number of hydrogen-bond donors (Lipinski definition) is 1. The van der Waals surface area contributed by atoms with Crippen LogP contribution in [0.2, 0.25) is 0 Å². The zero-order chi connectivity index (χ0) is 15.6. The normalized spacial score (nSPS) is 23.5. The molecule has 1 aromatic rings. The van der Waals surface area contributed by atoms with E-state index in [1.54, 1.807) is 7.11 Å². The van der Waals surface area contributed by atoms with E-state index < -0.39 is 10.0 Å². The molecule has 3 rings (SSSR count). The number of methoxy groups -OCH3 is 1. The molecule has 0 amide bonds. The van der Waals surface area contributed by atoms with Crippen LogP contribution in [0.15, 0.2) is 18.2 Å². The minimum absolute atomic E-state index is 0.0366. The van der Waals surface area contributed by atoms with Gasteiger partial charge in [-0.15, -0.1) is 0 Å². The summed E-state index contributed by atoms with van der Waals surface area (Å²) in [5.74, 6) is 0.730. The first-order valence-corrected chi connectivity index (χ1v) is 9.86. The predicted molar refractivity (Wildman–Crippen MR) is 87.5 cm³/mol. The fraction of sp³-hybridized carbons (Fsp3) is 0.647. The first kappa shape index (κ1) is 16.0. The molecule has 0 aromatic heterocycles. The lowest BCUT2D eigenvalue weighted by molar-refractivity contribution is 0.194. The van der Waals surface area contributed by atoms with E-state index in [0.717, 1.165) is 19.3 Å². The number of aryl methyl sites for hydroxylation is 1. The van der Waals surface area contributed by atoms with Gasteiger partial charge in [-0.25, -0.2) is 13.1 Å². The van der Waals surface area contributed by atoms with Gasteiger partial charge in [0, 0.05) is 19.8 Å². The molecule has 0 saturated heterocycles. The number of nitrogens with one attached hydrogen (secondary N) is 1. The van der Waals surface area contributed by atoms with Crippen LogP contribution in [0.5, 0.6) is 0 Å². The quantitative estimate of drug-likeness (QED) is 0.785. The van der Waals surface area contributed by atoms with E-state index >= 15 is 0 Å². The second-order valence-corrected chi connectivity index (χ2v) is 8.31. The summed E-state index contributed by atoms with van der Waals surface area (Å²) in [6.07, 6.45) is 5.89. The Labute approximate surface area is 133 Å². The molecule has 0 spiro atoms. The monoisotopic (exact) mass is 323 g/mol. The number of rotatable bonds is 7. The molecular weight excluding hydrogens is 298 g/mol. The Morgan fingerprint density at radius 2 is 2.18 bits per heavy atom. The molecule has 1 N–H and O–H groups in total. The highest BCUT2D eigenvalue weighted by Gasteiger charge is 2.36. The average molecular weight is 323 g/mol. The van der Waals surface area contributed by atoms with E-state index in [4.69, 9.17) is 4.74 Å². The van der Waals surface area contributed by atoms with Gasteiger partial charge < -0.3 is 4.74 Å². The highest BCUT2D eigenvalue weighted by atomic mass is 32.2. The Morgan fingerprint density at radius 3 is 3.00 bits per heavy atom. The van der Waals surface area contributed by atoms with Gasteiger partial charge in [-0.3, -0.25) is 0 Å². The molecule has 0 radical (unpaired) electrons. The Morgan fingerprint density at radius 1 is 1.32 bits per heavy atom.